The number of aliphatic hydroxyl groups is 1. The summed E-state index contributed by atoms with van der Waals surface area (Å²) in [6.07, 6.45) is 68.3. The number of aliphatic hydroxyl groups excluding tert-OH is 1. The quantitative estimate of drug-likeness (QED) is 0.0222. The molecule has 17 nitrogen and oxygen atoms in total. The Morgan fingerprint density at radius 3 is 0.654 bits per heavy atom. The van der Waals surface area contributed by atoms with Crippen molar-refractivity contribution < 1.29 is 80.2 Å². The number of phosphoric acid groups is 2. The maximum absolute atomic E-state index is 13.1. The van der Waals surface area contributed by atoms with E-state index in [0.717, 1.165) is 102 Å². The van der Waals surface area contributed by atoms with Crippen molar-refractivity contribution in [1.29, 1.82) is 0 Å². The molecule has 0 rings (SSSR count). The van der Waals surface area contributed by atoms with Crippen LogP contribution in [0, 0.1) is 11.8 Å². The smallest absolute Gasteiger partial charge is 0.462 e. The third kappa shape index (κ3) is 78.2. The fourth-order valence-corrected chi connectivity index (χ4v) is 14.8. The highest BCUT2D eigenvalue weighted by Gasteiger charge is 2.30. The van der Waals surface area contributed by atoms with Crippen LogP contribution in [0.2, 0.25) is 0 Å². The van der Waals surface area contributed by atoms with E-state index in [1.807, 2.05) is 0 Å². The van der Waals surface area contributed by atoms with Crippen molar-refractivity contribution in [3.8, 4) is 0 Å². The summed E-state index contributed by atoms with van der Waals surface area (Å²) in [6, 6.07) is 0. The number of esters is 4. The summed E-state index contributed by atoms with van der Waals surface area (Å²) >= 11 is 0. The minimum absolute atomic E-state index is 0.108. The monoisotopic (exact) mass is 1520 g/mol. The zero-order valence-corrected chi connectivity index (χ0v) is 70.1. The number of hydrogen-bond acceptors (Lipinski definition) is 15. The number of unbranched alkanes of at least 4 members (excludes halogenated alkanes) is 54. The maximum atomic E-state index is 13.1. The lowest BCUT2D eigenvalue weighted by Gasteiger charge is -2.21. The van der Waals surface area contributed by atoms with E-state index in [1.165, 1.54) is 263 Å². The lowest BCUT2D eigenvalue weighted by Crippen LogP contribution is -2.30. The molecule has 0 spiro atoms. The number of rotatable bonds is 84. The van der Waals surface area contributed by atoms with Crippen LogP contribution in [0.15, 0.2) is 0 Å². The first-order valence-corrected chi connectivity index (χ1v) is 47.0. The van der Waals surface area contributed by atoms with Crippen molar-refractivity contribution in [2.75, 3.05) is 39.6 Å². The first kappa shape index (κ1) is 102. The lowest BCUT2D eigenvalue weighted by molar-refractivity contribution is -0.161. The summed E-state index contributed by atoms with van der Waals surface area (Å²) in [5, 5.41) is 10.7. The predicted octanol–water partition coefficient (Wildman–Crippen LogP) is 25.8. The van der Waals surface area contributed by atoms with Gasteiger partial charge in [0.2, 0.25) is 0 Å². The van der Waals surface area contributed by atoms with Crippen LogP contribution in [-0.2, 0) is 65.4 Å². The second-order valence-electron chi connectivity index (χ2n) is 31.5. The van der Waals surface area contributed by atoms with E-state index < -0.39 is 97.5 Å². The Morgan fingerprint density at radius 1 is 0.260 bits per heavy atom. The Kier molecular flexibility index (Phi) is 75.0. The van der Waals surface area contributed by atoms with Crippen LogP contribution in [0.1, 0.15) is 452 Å². The Bertz CT molecular complexity index is 1990. The summed E-state index contributed by atoms with van der Waals surface area (Å²) in [6.45, 7) is 9.61. The fourth-order valence-electron chi connectivity index (χ4n) is 13.2. The second kappa shape index (κ2) is 76.4. The minimum atomic E-state index is -4.96. The first-order valence-electron chi connectivity index (χ1n) is 44.0. The summed E-state index contributed by atoms with van der Waals surface area (Å²) < 4.78 is 68.8. The lowest BCUT2D eigenvalue weighted by atomic mass is 10.0. The molecule has 104 heavy (non-hydrogen) atoms. The van der Waals surface area contributed by atoms with E-state index in [1.54, 1.807) is 0 Å². The third-order valence-electron chi connectivity index (χ3n) is 20.0. The van der Waals surface area contributed by atoms with E-state index in [-0.39, 0.29) is 25.7 Å². The summed E-state index contributed by atoms with van der Waals surface area (Å²) in [5.74, 6) is -0.613. The molecular weight excluding hydrogens is 1350 g/mol. The van der Waals surface area contributed by atoms with Gasteiger partial charge in [-0.25, -0.2) is 9.13 Å². The van der Waals surface area contributed by atoms with E-state index >= 15 is 0 Å². The van der Waals surface area contributed by atoms with Gasteiger partial charge in [0.1, 0.15) is 19.3 Å². The van der Waals surface area contributed by atoms with Gasteiger partial charge in [0, 0.05) is 25.7 Å². The van der Waals surface area contributed by atoms with Crippen molar-refractivity contribution in [3.63, 3.8) is 0 Å². The van der Waals surface area contributed by atoms with Crippen LogP contribution < -0.4 is 0 Å². The van der Waals surface area contributed by atoms with Crippen LogP contribution >= 0.6 is 15.6 Å². The molecule has 0 heterocycles. The molecule has 0 bridgehead atoms. The Labute approximate surface area is 638 Å². The van der Waals surface area contributed by atoms with E-state index in [9.17, 15) is 43.2 Å². The number of hydrogen-bond donors (Lipinski definition) is 3. The predicted molar refractivity (Wildman–Crippen MR) is 428 cm³/mol. The molecule has 0 aliphatic carbocycles. The van der Waals surface area contributed by atoms with Crippen LogP contribution in [0.3, 0.4) is 0 Å². The van der Waals surface area contributed by atoms with Gasteiger partial charge >= 0.3 is 39.5 Å². The molecule has 0 radical (unpaired) electrons. The van der Waals surface area contributed by atoms with Gasteiger partial charge in [0.25, 0.3) is 0 Å². The van der Waals surface area contributed by atoms with Gasteiger partial charge in [0.05, 0.1) is 26.4 Å². The second-order valence-corrected chi connectivity index (χ2v) is 34.4. The first-order chi connectivity index (χ1) is 50.4. The molecule has 0 aromatic carbocycles. The van der Waals surface area contributed by atoms with Gasteiger partial charge in [-0.1, -0.05) is 401 Å². The van der Waals surface area contributed by atoms with Crippen LogP contribution in [0.5, 0.6) is 0 Å². The van der Waals surface area contributed by atoms with Crippen molar-refractivity contribution in [1.82, 2.24) is 0 Å². The van der Waals surface area contributed by atoms with E-state index in [2.05, 4.69) is 41.5 Å². The SMILES string of the molecule is CCCCCCCCCCCCCCCCCCCCCCC(=O)O[C@H](COC(=O)CCCCCCCCCCCCCCCCCCC(C)C)COP(=O)(O)OC[C@@H](O)COP(=O)(O)OC[C@@H](COC(=O)CCCCCCCCC(C)C)OC(=O)CCCCCCCCCCCCCCCCCC. The zero-order chi connectivity index (χ0) is 76.4. The molecule has 618 valence electrons. The molecule has 0 aliphatic heterocycles. The Balaban J connectivity index is 5.21. The third-order valence-corrected chi connectivity index (χ3v) is 21.9. The molecule has 5 atom stereocenters. The van der Waals surface area contributed by atoms with Crippen LogP contribution in [0.4, 0.5) is 0 Å². The number of ether oxygens (including phenoxy) is 4. The van der Waals surface area contributed by atoms with Crippen LogP contribution in [-0.4, -0.2) is 96.7 Å². The topological polar surface area (TPSA) is 237 Å². The van der Waals surface area contributed by atoms with Crippen molar-refractivity contribution in [2.45, 2.75) is 471 Å². The highest BCUT2D eigenvalue weighted by molar-refractivity contribution is 7.47. The molecule has 0 fully saturated rings. The molecule has 3 N–H and O–H groups in total. The van der Waals surface area contributed by atoms with Gasteiger partial charge in [-0.15, -0.1) is 0 Å². The van der Waals surface area contributed by atoms with Gasteiger partial charge in [-0.05, 0) is 37.5 Å². The molecule has 0 saturated carbocycles. The van der Waals surface area contributed by atoms with E-state index in [4.69, 9.17) is 37.0 Å². The van der Waals surface area contributed by atoms with Crippen molar-refractivity contribution >= 4 is 39.5 Å². The Morgan fingerprint density at radius 2 is 0.442 bits per heavy atom. The number of carbonyl (C=O) groups excluding carboxylic acids is 4. The number of phosphoric ester groups is 2. The highest BCUT2D eigenvalue weighted by atomic mass is 31.2. The highest BCUT2D eigenvalue weighted by Crippen LogP contribution is 2.45. The summed E-state index contributed by atoms with van der Waals surface area (Å²) in [5.41, 5.74) is 0. The molecule has 0 amide bonds. The molecule has 0 aromatic heterocycles. The van der Waals surface area contributed by atoms with Crippen molar-refractivity contribution in [2.24, 2.45) is 11.8 Å². The molecular formula is C85H166O17P2. The molecule has 0 aromatic rings. The normalized spacial score (nSPS) is 13.8. The van der Waals surface area contributed by atoms with Gasteiger partial charge in [0.15, 0.2) is 12.2 Å². The standard InChI is InChI=1S/C85H166O17P2/c1-7-9-11-13-15-17-19-21-23-25-26-27-28-34-38-42-46-50-58-64-69-84(89)101-80(73-95-82(87)67-61-55-48-44-40-36-33-30-29-31-35-39-43-47-53-59-65-77(3)4)75-99-103(91,92)97-71-79(86)72-98-104(93,94)100-76-81(74-96-83(88)68-62-56-52-51-54-60-66-78(5)6)102-85(90)70-63-57-49-45-41-37-32-24-22-20-18-16-14-12-10-8-2/h77-81,86H,7-76H2,1-6H3,(H,91,92)(H,93,94)/t79-,80-,81-/m1/s1. The molecule has 2 unspecified atom stereocenters. The van der Waals surface area contributed by atoms with Crippen LogP contribution in [0.25, 0.3) is 0 Å². The zero-order valence-electron chi connectivity index (χ0n) is 68.3. The van der Waals surface area contributed by atoms with Gasteiger partial charge in [-0.2, -0.15) is 0 Å². The molecule has 19 heteroatoms. The van der Waals surface area contributed by atoms with Crippen molar-refractivity contribution in [3.05, 3.63) is 0 Å². The molecule has 0 saturated heterocycles. The maximum Gasteiger partial charge on any atom is 0.472 e. The van der Waals surface area contributed by atoms with Gasteiger partial charge in [-0.3, -0.25) is 37.3 Å². The minimum Gasteiger partial charge on any atom is -0.462 e. The molecule has 0 aliphatic rings. The van der Waals surface area contributed by atoms with Gasteiger partial charge < -0.3 is 33.8 Å². The summed E-state index contributed by atoms with van der Waals surface area (Å²) in [7, 11) is -9.92. The largest absolute Gasteiger partial charge is 0.472 e. The van der Waals surface area contributed by atoms with E-state index in [0.29, 0.717) is 31.6 Å². The summed E-state index contributed by atoms with van der Waals surface area (Å²) in [4.78, 5) is 73.1. The average Bonchev–Trinajstić information content (AvgIpc) is 0.912. The fraction of sp³-hybridized carbons (Fsp3) is 0.953. The number of carbonyl (C=O) groups is 4. The average molecular weight is 1520 g/mol. The Hall–Kier alpha value is -1.94.